The van der Waals surface area contributed by atoms with Crippen LogP contribution >= 0.6 is 23.4 Å². The first-order valence-corrected chi connectivity index (χ1v) is 7.34. The molecule has 2 amide bonds. The number of halogens is 1. The topological polar surface area (TPSA) is 52.6 Å². The summed E-state index contributed by atoms with van der Waals surface area (Å²) in [6, 6.07) is 5.06. The first-order chi connectivity index (χ1) is 9.12. The third-order valence-corrected chi connectivity index (χ3v) is 3.63. The summed E-state index contributed by atoms with van der Waals surface area (Å²) in [5.41, 5.74) is 0.625. The minimum atomic E-state index is -0.290. The Kier molecular flexibility index (Phi) is 6.77. The fraction of sp³-hybridized carbons (Fsp3) is 0.308. The van der Waals surface area contributed by atoms with E-state index in [1.807, 2.05) is 12.3 Å². The van der Waals surface area contributed by atoms with Crippen LogP contribution in [0.25, 0.3) is 0 Å². The molecule has 0 spiro atoms. The fourth-order valence-electron chi connectivity index (χ4n) is 1.50. The highest BCUT2D eigenvalue weighted by atomic mass is 35.5. The molecule has 0 radical (unpaired) electrons. The number of aliphatic hydroxyl groups is 1. The summed E-state index contributed by atoms with van der Waals surface area (Å²) < 4.78 is 0. The van der Waals surface area contributed by atoms with Gasteiger partial charge >= 0.3 is 6.03 Å². The standard InChI is InChI=1S/C13H17ClN2O2S/c1-3-6-16(7-8-17)13(18)15-10-4-5-12(19-2)11(14)9-10/h3-5,9,17H,1,6-8H2,2H3,(H,15,18). The molecule has 0 bridgehead atoms. The zero-order valence-corrected chi connectivity index (χ0v) is 12.3. The number of urea groups is 1. The Morgan fingerprint density at radius 1 is 1.63 bits per heavy atom. The van der Waals surface area contributed by atoms with E-state index in [9.17, 15) is 4.79 Å². The van der Waals surface area contributed by atoms with Crippen molar-refractivity contribution in [1.82, 2.24) is 4.90 Å². The molecule has 19 heavy (non-hydrogen) atoms. The summed E-state index contributed by atoms with van der Waals surface area (Å²) in [7, 11) is 0. The van der Waals surface area contributed by atoms with Crippen molar-refractivity contribution in [1.29, 1.82) is 0 Å². The molecular weight excluding hydrogens is 284 g/mol. The number of carbonyl (C=O) groups is 1. The summed E-state index contributed by atoms with van der Waals surface area (Å²) in [4.78, 5) is 14.4. The second-order valence-electron chi connectivity index (χ2n) is 3.74. The zero-order valence-electron chi connectivity index (χ0n) is 10.7. The molecule has 6 heteroatoms. The number of benzene rings is 1. The van der Waals surface area contributed by atoms with E-state index in [0.717, 1.165) is 4.90 Å². The van der Waals surface area contributed by atoms with E-state index in [-0.39, 0.29) is 19.2 Å². The van der Waals surface area contributed by atoms with Gasteiger partial charge in [-0.25, -0.2) is 4.79 Å². The number of rotatable bonds is 6. The van der Waals surface area contributed by atoms with Gasteiger partial charge in [0.15, 0.2) is 0 Å². The normalized spacial score (nSPS) is 10.1. The van der Waals surface area contributed by atoms with E-state index in [1.54, 1.807) is 30.0 Å². The number of carbonyl (C=O) groups excluding carboxylic acids is 1. The minimum Gasteiger partial charge on any atom is -0.395 e. The number of nitrogens with zero attached hydrogens (tertiary/aromatic N) is 1. The summed E-state index contributed by atoms with van der Waals surface area (Å²) in [6.07, 6.45) is 3.55. The van der Waals surface area contributed by atoms with Crippen molar-refractivity contribution in [3.8, 4) is 0 Å². The van der Waals surface area contributed by atoms with Gasteiger partial charge < -0.3 is 15.3 Å². The van der Waals surface area contributed by atoms with Crippen molar-refractivity contribution in [3.63, 3.8) is 0 Å². The molecule has 1 aromatic carbocycles. The summed E-state index contributed by atoms with van der Waals surface area (Å²) in [6.45, 7) is 4.13. The van der Waals surface area contributed by atoms with E-state index in [2.05, 4.69) is 11.9 Å². The second-order valence-corrected chi connectivity index (χ2v) is 4.99. The first kappa shape index (κ1) is 15.9. The predicted octanol–water partition coefficient (Wildman–Crippen LogP) is 3.07. The molecule has 0 aliphatic carbocycles. The quantitative estimate of drug-likeness (QED) is 0.627. The predicted molar refractivity (Wildman–Crippen MR) is 81.1 cm³/mol. The monoisotopic (exact) mass is 300 g/mol. The van der Waals surface area contributed by atoms with Gasteiger partial charge in [0.2, 0.25) is 0 Å². The molecule has 2 N–H and O–H groups in total. The summed E-state index contributed by atoms with van der Waals surface area (Å²) in [5, 5.41) is 12.2. The van der Waals surface area contributed by atoms with Crippen LogP contribution in [0.3, 0.4) is 0 Å². The molecule has 0 aliphatic rings. The van der Waals surface area contributed by atoms with Gasteiger partial charge in [0.25, 0.3) is 0 Å². The molecule has 0 saturated heterocycles. The Labute approximate surface area is 122 Å². The van der Waals surface area contributed by atoms with Crippen molar-refractivity contribution < 1.29 is 9.90 Å². The lowest BCUT2D eigenvalue weighted by atomic mass is 10.3. The maximum absolute atomic E-state index is 12.0. The van der Waals surface area contributed by atoms with E-state index in [1.165, 1.54) is 4.90 Å². The van der Waals surface area contributed by atoms with E-state index >= 15 is 0 Å². The zero-order chi connectivity index (χ0) is 14.3. The van der Waals surface area contributed by atoms with Crippen LogP contribution in [0.5, 0.6) is 0 Å². The molecule has 0 unspecified atom stereocenters. The van der Waals surface area contributed by atoms with Crippen LogP contribution in [0.4, 0.5) is 10.5 Å². The highest BCUT2D eigenvalue weighted by Gasteiger charge is 2.12. The van der Waals surface area contributed by atoms with Gasteiger partial charge in [0.1, 0.15) is 0 Å². The highest BCUT2D eigenvalue weighted by molar-refractivity contribution is 7.98. The molecule has 104 valence electrons. The molecule has 1 rings (SSSR count). The van der Waals surface area contributed by atoms with Crippen molar-refractivity contribution in [2.45, 2.75) is 4.90 Å². The smallest absolute Gasteiger partial charge is 0.322 e. The van der Waals surface area contributed by atoms with Gasteiger partial charge in [-0.1, -0.05) is 17.7 Å². The number of aliphatic hydroxyl groups excluding tert-OH is 1. The number of thioether (sulfide) groups is 1. The van der Waals surface area contributed by atoms with Gasteiger partial charge in [-0.2, -0.15) is 0 Å². The lowest BCUT2D eigenvalue weighted by molar-refractivity contribution is 0.195. The first-order valence-electron chi connectivity index (χ1n) is 5.73. The molecular formula is C13H17ClN2O2S. The van der Waals surface area contributed by atoms with Gasteiger partial charge in [-0.3, -0.25) is 0 Å². The van der Waals surface area contributed by atoms with E-state index in [0.29, 0.717) is 17.3 Å². The largest absolute Gasteiger partial charge is 0.395 e. The Bertz CT molecular complexity index is 454. The average molecular weight is 301 g/mol. The highest BCUT2D eigenvalue weighted by Crippen LogP contribution is 2.28. The Morgan fingerprint density at radius 2 is 2.37 bits per heavy atom. The van der Waals surface area contributed by atoms with Crippen molar-refractivity contribution in [2.24, 2.45) is 0 Å². The Balaban J connectivity index is 2.74. The number of anilines is 1. The lowest BCUT2D eigenvalue weighted by Gasteiger charge is -2.20. The molecule has 0 aliphatic heterocycles. The number of hydrogen-bond donors (Lipinski definition) is 2. The third-order valence-electron chi connectivity index (χ3n) is 2.41. The molecule has 0 atom stereocenters. The van der Waals surface area contributed by atoms with Gasteiger partial charge in [-0.15, -0.1) is 18.3 Å². The van der Waals surface area contributed by atoms with Crippen molar-refractivity contribution in [2.75, 3.05) is 31.3 Å². The van der Waals surface area contributed by atoms with E-state index in [4.69, 9.17) is 16.7 Å². The van der Waals surface area contributed by atoms with Crippen LogP contribution in [-0.4, -0.2) is 42.0 Å². The van der Waals surface area contributed by atoms with Gasteiger partial charge in [0.05, 0.1) is 11.6 Å². The van der Waals surface area contributed by atoms with Crippen LogP contribution in [-0.2, 0) is 0 Å². The van der Waals surface area contributed by atoms with E-state index < -0.39 is 0 Å². The molecule has 0 saturated carbocycles. The van der Waals surface area contributed by atoms with Crippen LogP contribution in [0, 0.1) is 0 Å². The molecule has 4 nitrogen and oxygen atoms in total. The van der Waals surface area contributed by atoms with Crippen molar-refractivity contribution >= 4 is 35.1 Å². The number of hydrogen-bond acceptors (Lipinski definition) is 3. The molecule has 0 aromatic heterocycles. The number of nitrogens with one attached hydrogen (secondary N) is 1. The molecule has 0 fully saturated rings. The second kappa shape index (κ2) is 8.09. The average Bonchev–Trinajstić information content (AvgIpc) is 2.38. The maximum Gasteiger partial charge on any atom is 0.322 e. The van der Waals surface area contributed by atoms with Crippen LogP contribution < -0.4 is 5.32 Å². The third kappa shape index (κ3) is 4.78. The number of amides is 2. The van der Waals surface area contributed by atoms with Gasteiger partial charge in [-0.05, 0) is 24.5 Å². The fourth-order valence-corrected chi connectivity index (χ4v) is 2.37. The van der Waals surface area contributed by atoms with Crippen LogP contribution in [0.2, 0.25) is 5.02 Å². The lowest BCUT2D eigenvalue weighted by Crippen LogP contribution is -2.37. The summed E-state index contributed by atoms with van der Waals surface area (Å²) in [5.74, 6) is 0. The Morgan fingerprint density at radius 3 is 2.89 bits per heavy atom. The Hall–Kier alpha value is -1.17. The SMILES string of the molecule is C=CCN(CCO)C(=O)Nc1ccc(SC)c(Cl)c1. The molecule has 0 heterocycles. The van der Waals surface area contributed by atoms with Crippen molar-refractivity contribution in [3.05, 3.63) is 35.9 Å². The van der Waals surface area contributed by atoms with Gasteiger partial charge in [0, 0.05) is 23.7 Å². The van der Waals surface area contributed by atoms with Crippen LogP contribution in [0.15, 0.2) is 35.7 Å². The summed E-state index contributed by atoms with van der Waals surface area (Å²) >= 11 is 7.62. The van der Waals surface area contributed by atoms with Crippen LogP contribution in [0.1, 0.15) is 0 Å². The molecule has 1 aromatic rings. The maximum atomic E-state index is 12.0. The minimum absolute atomic E-state index is 0.0899.